The Balaban J connectivity index is 1.30. The fourth-order valence-electron chi connectivity index (χ4n) is 3.01. The van der Waals surface area contributed by atoms with Gasteiger partial charge in [0.05, 0.1) is 23.9 Å². The van der Waals surface area contributed by atoms with Gasteiger partial charge in [0.2, 0.25) is 5.88 Å². The predicted molar refractivity (Wildman–Crippen MR) is 102 cm³/mol. The molecule has 1 N–H and O–H groups in total. The number of thiazole rings is 1. The van der Waals surface area contributed by atoms with Crippen molar-refractivity contribution in [2.45, 2.75) is 32.7 Å². The molecule has 3 aromatic heterocycles. The highest BCUT2D eigenvalue weighted by atomic mass is 32.1. The zero-order valence-electron chi connectivity index (χ0n) is 14.8. The Bertz CT molecular complexity index is 883. The van der Waals surface area contributed by atoms with Crippen LogP contribution in [0.5, 0.6) is 5.88 Å². The van der Waals surface area contributed by atoms with E-state index < -0.39 is 0 Å². The van der Waals surface area contributed by atoms with Crippen molar-refractivity contribution in [2.24, 2.45) is 5.92 Å². The van der Waals surface area contributed by atoms with E-state index in [0.717, 1.165) is 28.6 Å². The number of hydrogen-bond acceptors (Lipinski definition) is 7. The van der Waals surface area contributed by atoms with Crippen LogP contribution in [-0.2, 0) is 6.54 Å². The minimum absolute atomic E-state index is 0.508. The zero-order valence-corrected chi connectivity index (χ0v) is 15.7. The van der Waals surface area contributed by atoms with E-state index in [4.69, 9.17) is 4.74 Å². The molecule has 0 radical (unpaired) electrons. The van der Waals surface area contributed by atoms with Crippen molar-refractivity contribution in [3.63, 3.8) is 0 Å². The molecule has 1 aliphatic carbocycles. The van der Waals surface area contributed by atoms with Crippen molar-refractivity contribution in [2.75, 3.05) is 11.9 Å². The van der Waals surface area contributed by atoms with E-state index in [1.807, 2.05) is 38.2 Å². The van der Waals surface area contributed by atoms with E-state index in [0.29, 0.717) is 30.9 Å². The van der Waals surface area contributed by atoms with Crippen LogP contribution in [0.2, 0.25) is 0 Å². The van der Waals surface area contributed by atoms with Gasteiger partial charge in [-0.05, 0) is 32.4 Å². The molecule has 6 nitrogen and oxygen atoms in total. The summed E-state index contributed by atoms with van der Waals surface area (Å²) in [6.45, 7) is 5.42. The molecule has 3 aromatic rings. The second-order valence-electron chi connectivity index (χ2n) is 6.50. The highest BCUT2D eigenvalue weighted by molar-refractivity contribution is 7.11. The Labute approximate surface area is 156 Å². The molecule has 1 fully saturated rings. The smallest absolute Gasteiger partial charge is 0.218 e. The maximum absolute atomic E-state index is 5.87. The Morgan fingerprint density at radius 1 is 1.23 bits per heavy atom. The molecule has 26 heavy (non-hydrogen) atoms. The highest BCUT2D eigenvalue weighted by Gasteiger charge is 2.39. The third-order valence-electron chi connectivity index (χ3n) is 4.51. The van der Waals surface area contributed by atoms with E-state index >= 15 is 0 Å². The van der Waals surface area contributed by atoms with Gasteiger partial charge in [-0.2, -0.15) is 0 Å². The Kier molecular flexibility index (Phi) is 4.79. The van der Waals surface area contributed by atoms with Gasteiger partial charge in [-0.1, -0.05) is 6.07 Å². The van der Waals surface area contributed by atoms with Gasteiger partial charge in [-0.3, -0.25) is 4.98 Å². The molecule has 0 aliphatic heterocycles. The van der Waals surface area contributed by atoms with Crippen LogP contribution < -0.4 is 10.1 Å². The maximum Gasteiger partial charge on any atom is 0.218 e. The molecular weight excluding hydrogens is 346 g/mol. The van der Waals surface area contributed by atoms with E-state index in [2.05, 4.69) is 31.3 Å². The Morgan fingerprint density at radius 2 is 2.15 bits per heavy atom. The predicted octanol–water partition coefficient (Wildman–Crippen LogP) is 3.74. The third-order valence-corrected chi connectivity index (χ3v) is 5.58. The van der Waals surface area contributed by atoms with Crippen molar-refractivity contribution in [1.82, 2.24) is 19.9 Å². The van der Waals surface area contributed by atoms with E-state index in [1.165, 1.54) is 11.2 Å². The van der Waals surface area contributed by atoms with Crippen molar-refractivity contribution in [3.05, 3.63) is 58.1 Å². The van der Waals surface area contributed by atoms with Crippen molar-refractivity contribution in [1.29, 1.82) is 0 Å². The van der Waals surface area contributed by atoms with Crippen LogP contribution in [0.4, 0.5) is 5.82 Å². The number of anilines is 1. The first kappa shape index (κ1) is 16.9. The zero-order chi connectivity index (χ0) is 17.9. The average molecular weight is 367 g/mol. The van der Waals surface area contributed by atoms with Crippen molar-refractivity contribution in [3.8, 4) is 5.88 Å². The monoisotopic (exact) mass is 367 g/mol. The van der Waals surface area contributed by atoms with Crippen LogP contribution in [-0.4, -0.2) is 26.5 Å². The lowest BCUT2D eigenvalue weighted by Gasteiger charge is -2.08. The quantitative estimate of drug-likeness (QED) is 0.686. The molecule has 7 heteroatoms. The molecule has 1 saturated carbocycles. The molecular formula is C19H21N5OS. The molecule has 0 aromatic carbocycles. The number of rotatable bonds is 7. The minimum atomic E-state index is 0.508. The summed E-state index contributed by atoms with van der Waals surface area (Å²) < 4.78 is 5.87. The first-order valence-electron chi connectivity index (χ1n) is 8.71. The van der Waals surface area contributed by atoms with Gasteiger partial charge in [0.25, 0.3) is 0 Å². The van der Waals surface area contributed by atoms with Crippen LogP contribution in [0.15, 0.2) is 36.8 Å². The Morgan fingerprint density at radius 3 is 2.92 bits per heavy atom. The number of ether oxygens (including phenoxy) is 1. The van der Waals surface area contributed by atoms with E-state index in [1.54, 1.807) is 11.3 Å². The average Bonchev–Trinajstić information content (AvgIpc) is 3.37. The normalized spacial score (nSPS) is 18.5. The first-order chi connectivity index (χ1) is 12.7. The summed E-state index contributed by atoms with van der Waals surface area (Å²) in [7, 11) is 0. The van der Waals surface area contributed by atoms with Gasteiger partial charge in [-0.25, -0.2) is 15.0 Å². The largest absolute Gasteiger partial charge is 0.477 e. The number of nitrogens with zero attached hydrogens (tertiary/aromatic N) is 4. The molecule has 0 saturated heterocycles. The van der Waals surface area contributed by atoms with Crippen LogP contribution in [0.1, 0.15) is 33.6 Å². The van der Waals surface area contributed by atoms with Crippen LogP contribution in [0, 0.1) is 19.8 Å². The maximum atomic E-state index is 5.87. The number of pyridine rings is 1. The Hall–Kier alpha value is -2.54. The minimum Gasteiger partial charge on any atom is -0.477 e. The van der Waals surface area contributed by atoms with Crippen LogP contribution >= 0.6 is 11.3 Å². The van der Waals surface area contributed by atoms with Gasteiger partial charge in [0.15, 0.2) is 0 Å². The molecule has 3 heterocycles. The lowest BCUT2D eigenvalue weighted by Crippen LogP contribution is -2.05. The number of nitrogens with one attached hydrogen (secondary N) is 1. The van der Waals surface area contributed by atoms with Crippen molar-refractivity contribution < 1.29 is 4.74 Å². The molecule has 0 amide bonds. The van der Waals surface area contributed by atoms with Gasteiger partial charge in [0, 0.05) is 34.7 Å². The second-order valence-corrected chi connectivity index (χ2v) is 7.79. The third kappa shape index (κ3) is 3.99. The van der Waals surface area contributed by atoms with Gasteiger partial charge in [-0.15, -0.1) is 11.3 Å². The number of aryl methyl sites for hydroxylation is 2. The molecule has 4 rings (SSSR count). The topological polar surface area (TPSA) is 72.8 Å². The highest BCUT2D eigenvalue weighted by Crippen LogP contribution is 2.46. The van der Waals surface area contributed by atoms with E-state index in [9.17, 15) is 0 Å². The summed E-state index contributed by atoms with van der Waals surface area (Å²) in [4.78, 5) is 18.6. The molecule has 0 unspecified atom stereocenters. The van der Waals surface area contributed by atoms with Gasteiger partial charge >= 0.3 is 0 Å². The lowest BCUT2D eigenvalue weighted by atomic mass is 10.2. The summed E-state index contributed by atoms with van der Waals surface area (Å²) in [6, 6.07) is 7.91. The van der Waals surface area contributed by atoms with Crippen LogP contribution in [0.25, 0.3) is 0 Å². The number of hydrogen-bond donors (Lipinski definition) is 1. The molecule has 0 spiro atoms. The summed E-state index contributed by atoms with van der Waals surface area (Å²) in [5, 5.41) is 4.40. The summed E-state index contributed by atoms with van der Waals surface area (Å²) in [6.07, 6.45) is 4.50. The molecule has 134 valence electrons. The summed E-state index contributed by atoms with van der Waals surface area (Å²) in [5.41, 5.74) is 2.22. The van der Waals surface area contributed by atoms with Crippen molar-refractivity contribution >= 4 is 17.2 Å². The van der Waals surface area contributed by atoms with E-state index in [-0.39, 0.29) is 0 Å². The van der Waals surface area contributed by atoms with Gasteiger partial charge < -0.3 is 10.1 Å². The SMILES string of the molecule is Cc1nc(C)c(CNc2cc(OC[C@H]3C[C@@H]3c3ccccn3)ncn2)s1. The first-order valence-corrected chi connectivity index (χ1v) is 9.53. The molecule has 2 atom stereocenters. The van der Waals surface area contributed by atoms with Gasteiger partial charge in [0.1, 0.15) is 12.1 Å². The summed E-state index contributed by atoms with van der Waals surface area (Å²) in [5.74, 6) is 2.39. The number of aromatic nitrogens is 4. The molecule has 1 aliphatic rings. The molecule has 0 bridgehead atoms. The lowest BCUT2D eigenvalue weighted by molar-refractivity contribution is 0.285. The second kappa shape index (κ2) is 7.37. The standard InChI is InChI=1S/C19H21N5OS/c1-12-17(26-13(2)24-12)9-21-18-8-19(23-11-22-18)25-10-14-7-15(14)16-5-3-4-6-20-16/h3-6,8,11,14-15H,7,9-10H2,1-2H3,(H,21,22,23)/t14-,15+/m1/s1. The fraction of sp³-hybridized carbons (Fsp3) is 0.368. The fourth-order valence-corrected chi connectivity index (χ4v) is 3.88. The van der Waals surface area contributed by atoms with Crippen LogP contribution in [0.3, 0.4) is 0 Å². The summed E-state index contributed by atoms with van der Waals surface area (Å²) >= 11 is 1.70.